The van der Waals surface area contributed by atoms with Gasteiger partial charge in [-0.05, 0) is 41.5 Å². The van der Waals surface area contributed by atoms with Crippen LogP contribution in [0.1, 0.15) is 5.56 Å². The van der Waals surface area contributed by atoms with Crippen LogP contribution in [0.15, 0.2) is 23.6 Å². The van der Waals surface area contributed by atoms with Gasteiger partial charge in [0.05, 0.1) is 4.70 Å². The third-order valence-corrected chi connectivity index (χ3v) is 4.38. The van der Waals surface area contributed by atoms with E-state index in [4.69, 9.17) is 0 Å². The predicted octanol–water partition coefficient (Wildman–Crippen LogP) is 2.89. The van der Waals surface area contributed by atoms with Crippen LogP contribution in [0.4, 0.5) is 0 Å². The molecule has 0 saturated heterocycles. The summed E-state index contributed by atoms with van der Waals surface area (Å²) >= 11 is 4.65. The van der Waals surface area contributed by atoms with Crippen molar-refractivity contribution in [1.29, 1.82) is 0 Å². The molecule has 0 saturated carbocycles. The maximum Gasteiger partial charge on any atom is 0.114 e. The predicted molar refractivity (Wildman–Crippen MR) is 63.7 cm³/mol. The lowest BCUT2D eigenvalue weighted by atomic mass is 10.2. The number of nitrogens with one attached hydrogen (secondary N) is 1. The summed E-state index contributed by atoms with van der Waals surface area (Å²) in [6.45, 7) is 0. The average molecular weight is 239 g/mol. The highest BCUT2D eigenvalue weighted by Gasteiger charge is 2.13. The second kappa shape index (κ2) is 3.54. The van der Waals surface area contributed by atoms with Gasteiger partial charge in [-0.25, -0.2) is 0 Å². The maximum absolute atomic E-state index is 4.14. The molecule has 0 fully saturated rings. The van der Waals surface area contributed by atoms with Crippen molar-refractivity contribution in [1.82, 2.24) is 13.7 Å². The molecule has 0 aliphatic carbocycles. The normalized spacial score (nSPS) is 16.1. The average Bonchev–Trinajstić information content (AvgIpc) is 2.88. The fraction of sp³-hybridized carbons (Fsp3) is 0. The number of hydrogen-bond donors (Lipinski definition) is 1. The third kappa shape index (κ3) is 1.35. The lowest BCUT2D eigenvalue weighted by molar-refractivity contribution is 1.20. The lowest BCUT2D eigenvalue weighted by Crippen LogP contribution is -1.83. The second-order valence-corrected chi connectivity index (χ2v) is 5.28. The molecular formula is C8H5N3S3. The van der Waals surface area contributed by atoms with E-state index in [1.165, 1.54) is 22.0 Å². The highest BCUT2D eigenvalue weighted by atomic mass is 32.2. The standard InChI is InChI=1S/C8H5N3S3/c1-2-5(7-4-12-11-14-7)8-6(3-1)13-10-9-8/h1-4,11H. The molecule has 0 amide bonds. The van der Waals surface area contributed by atoms with Gasteiger partial charge >= 0.3 is 0 Å². The molecule has 1 N–H and O–H groups in total. The smallest absolute Gasteiger partial charge is 0.114 e. The van der Waals surface area contributed by atoms with Gasteiger partial charge in [0.25, 0.3) is 0 Å². The number of hydrogen-bond acceptors (Lipinski definition) is 6. The van der Waals surface area contributed by atoms with E-state index in [1.54, 1.807) is 23.9 Å². The summed E-state index contributed by atoms with van der Waals surface area (Å²) in [4.78, 5) is 1.22. The fourth-order valence-corrected chi connectivity index (χ4v) is 3.47. The van der Waals surface area contributed by atoms with E-state index in [2.05, 4.69) is 25.2 Å². The Morgan fingerprint density at radius 2 is 2.29 bits per heavy atom. The Kier molecular flexibility index (Phi) is 2.21. The van der Waals surface area contributed by atoms with Crippen molar-refractivity contribution >= 4 is 50.6 Å². The summed E-state index contributed by atoms with van der Waals surface area (Å²) in [5, 5.41) is 6.24. The molecule has 2 aromatic rings. The van der Waals surface area contributed by atoms with E-state index >= 15 is 0 Å². The minimum absolute atomic E-state index is 1.00. The Labute approximate surface area is 93.4 Å². The Bertz CT molecular complexity index is 505. The highest BCUT2D eigenvalue weighted by molar-refractivity contribution is 8.22. The van der Waals surface area contributed by atoms with Crippen molar-refractivity contribution in [2.24, 2.45) is 0 Å². The first-order chi connectivity index (χ1) is 6.95. The van der Waals surface area contributed by atoms with Crippen LogP contribution in [0.25, 0.3) is 15.1 Å². The molecule has 1 aliphatic rings. The van der Waals surface area contributed by atoms with Crippen LogP contribution in [-0.4, -0.2) is 9.59 Å². The van der Waals surface area contributed by atoms with Crippen LogP contribution in [0.5, 0.6) is 0 Å². The van der Waals surface area contributed by atoms with Crippen LogP contribution in [0.2, 0.25) is 0 Å². The Morgan fingerprint density at radius 3 is 3.14 bits per heavy atom. The first-order valence-electron chi connectivity index (χ1n) is 3.94. The number of rotatable bonds is 1. The monoisotopic (exact) mass is 239 g/mol. The summed E-state index contributed by atoms with van der Waals surface area (Å²) in [6, 6.07) is 6.17. The van der Waals surface area contributed by atoms with Crippen LogP contribution in [0, 0.1) is 0 Å². The Morgan fingerprint density at radius 1 is 1.29 bits per heavy atom. The fourth-order valence-electron chi connectivity index (χ4n) is 1.29. The van der Waals surface area contributed by atoms with E-state index in [0.29, 0.717) is 0 Å². The van der Waals surface area contributed by atoms with Crippen molar-refractivity contribution in [3.8, 4) is 0 Å². The van der Waals surface area contributed by atoms with Gasteiger partial charge in [-0.2, -0.15) is 4.13 Å². The van der Waals surface area contributed by atoms with Crippen LogP contribution in [-0.2, 0) is 0 Å². The van der Waals surface area contributed by atoms with Crippen LogP contribution in [0.3, 0.4) is 0 Å². The van der Waals surface area contributed by atoms with Gasteiger partial charge in [-0.3, -0.25) is 0 Å². The van der Waals surface area contributed by atoms with Crippen molar-refractivity contribution < 1.29 is 0 Å². The third-order valence-electron chi connectivity index (χ3n) is 1.91. The molecule has 2 heterocycles. The Balaban J connectivity index is 2.24. The molecule has 0 atom stereocenters. The van der Waals surface area contributed by atoms with Gasteiger partial charge < -0.3 is 0 Å². The lowest BCUT2D eigenvalue weighted by Gasteiger charge is -1.99. The van der Waals surface area contributed by atoms with Gasteiger partial charge in [0.15, 0.2) is 0 Å². The largest absolute Gasteiger partial charge is 0.200 e. The van der Waals surface area contributed by atoms with Crippen molar-refractivity contribution in [3.63, 3.8) is 0 Å². The second-order valence-electron chi connectivity index (χ2n) is 2.71. The Hall–Kier alpha value is -0.560. The minimum Gasteiger partial charge on any atom is -0.200 e. The molecule has 0 bridgehead atoms. The van der Waals surface area contributed by atoms with Gasteiger partial charge in [0.2, 0.25) is 0 Å². The SMILES string of the molecule is C1=C(c2cccc3snnc23)SNS1. The van der Waals surface area contributed by atoms with E-state index < -0.39 is 0 Å². The zero-order valence-corrected chi connectivity index (χ0v) is 9.38. The van der Waals surface area contributed by atoms with Crippen molar-refractivity contribution in [3.05, 3.63) is 29.2 Å². The van der Waals surface area contributed by atoms with Crippen LogP contribution < -0.4 is 4.13 Å². The number of nitrogens with zero attached hydrogens (tertiary/aromatic N) is 2. The van der Waals surface area contributed by atoms with E-state index in [0.717, 1.165) is 10.2 Å². The molecule has 0 spiro atoms. The molecule has 1 aliphatic heterocycles. The summed E-state index contributed by atoms with van der Waals surface area (Å²) in [6.07, 6.45) is 0. The van der Waals surface area contributed by atoms with Crippen molar-refractivity contribution in [2.75, 3.05) is 0 Å². The molecule has 0 radical (unpaired) electrons. The number of aromatic nitrogens is 2. The molecule has 14 heavy (non-hydrogen) atoms. The molecule has 3 rings (SSSR count). The maximum atomic E-state index is 4.14. The number of benzene rings is 1. The quantitative estimate of drug-likeness (QED) is 0.775. The van der Waals surface area contributed by atoms with Crippen LogP contribution >= 0.6 is 35.4 Å². The molecular weight excluding hydrogens is 234 g/mol. The topological polar surface area (TPSA) is 37.8 Å². The summed E-state index contributed by atoms with van der Waals surface area (Å²) in [5.41, 5.74) is 2.17. The zero-order valence-electron chi connectivity index (χ0n) is 6.93. The highest BCUT2D eigenvalue weighted by Crippen LogP contribution is 2.37. The zero-order chi connectivity index (χ0) is 9.38. The minimum atomic E-state index is 1.00. The molecule has 6 heteroatoms. The molecule has 0 unspecified atom stereocenters. The first-order valence-corrected chi connectivity index (χ1v) is 6.41. The van der Waals surface area contributed by atoms with E-state index in [9.17, 15) is 0 Å². The van der Waals surface area contributed by atoms with Crippen molar-refractivity contribution in [2.45, 2.75) is 0 Å². The molecule has 3 nitrogen and oxygen atoms in total. The summed E-state index contributed by atoms with van der Waals surface area (Å²) in [7, 11) is 0. The van der Waals surface area contributed by atoms with Gasteiger partial charge in [0, 0.05) is 15.9 Å². The number of fused-ring (bicyclic) bond motifs is 1. The molecule has 1 aromatic heterocycles. The first kappa shape index (κ1) is 8.72. The van der Waals surface area contributed by atoms with Gasteiger partial charge in [0.1, 0.15) is 5.52 Å². The summed E-state index contributed by atoms with van der Waals surface area (Å²) < 4.78 is 8.22. The van der Waals surface area contributed by atoms with E-state index in [1.807, 2.05) is 12.1 Å². The van der Waals surface area contributed by atoms with E-state index in [-0.39, 0.29) is 0 Å². The molecule has 70 valence electrons. The molecule has 1 aromatic carbocycles. The van der Waals surface area contributed by atoms with Gasteiger partial charge in [-0.15, -0.1) is 5.10 Å². The summed E-state index contributed by atoms with van der Waals surface area (Å²) in [5.74, 6) is 0. The van der Waals surface area contributed by atoms with Gasteiger partial charge in [-0.1, -0.05) is 16.6 Å².